The molecular weight excluding hydrogens is 323 g/mol. The minimum absolute atomic E-state index is 0.189. The van der Waals surface area contributed by atoms with Crippen molar-refractivity contribution in [3.8, 4) is 11.5 Å². The van der Waals surface area contributed by atoms with Crippen LogP contribution in [0.1, 0.15) is 25.3 Å². The third-order valence-electron chi connectivity index (χ3n) is 4.10. The molecule has 5 nitrogen and oxygen atoms in total. The average Bonchev–Trinajstić information content (AvgIpc) is 3.08. The third-order valence-corrected chi connectivity index (χ3v) is 4.10. The van der Waals surface area contributed by atoms with Gasteiger partial charge in [0.1, 0.15) is 5.82 Å². The number of ether oxygens (including phenoxy) is 2. The van der Waals surface area contributed by atoms with E-state index in [1.807, 2.05) is 25.1 Å². The molecule has 0 radical (unpaired) electrons. The van der Waals surface area contributed by atoms with Gasteiger partial charge in [0.15, 0.2) is 11.5 Å². The number of hydrogen-bond donors (Lipinski definition) is 1. The Morgan fingerprint density at radius 1 is 1.20 bits per heavy atom. The summed E-state index contributed by atoms with van der Waals surface area (Å²) in [6, 6.07) is 10.8. The highest BCUT2D eigenvalue weighted by Gasteiger charge is 2.23. The van der Waals surface area contributed by atoms with Gasteiger partial charge in [0.2, 0.25) is 12.7 Å². The number of nitrogens with two attached hydrogens (primary N) is 1. The van der Waals surface area contributed by atoms with Gasteiger partial charge in [0, 0.05) is 5.69 Å². The summed E-state index contributed by atoms with van der Waals surface area (Å²) in [5, 5.41) is 0. The molecule has 6 heteroatoms. The lowest BCUT2D eigenvalue weighted by atomic mass is 10.1. The van der Waals surface area contributed by atoms with E-state index in [0.717, 1.165) is 12.0 Å². The number of carbonyl (C=O) groups excluding carboxylic acids is 1. The Kier molecular flexibility index (Phi) is 5.19. The number of benzene rings is 2. The number of fused-ring (bicyclic) bond motifs is 1. The van der Waals surface area contributed by atoms with Crippen molar-refractivity contribution in [1.82, 2.24) is 0 Å². The molecule has 0 bridgehead atoms. The van der Waals surface area contributed by atoms with Crippen molar-refractivity contribution >= 4 is 11.6 Å². The molecule has 25 heavy (non-hydrogen) atoms. The molecule has 0 fully saturated rings. The zero-order valence-electron chi connectivity index (χ0n) is 14.1. The summed E-state index contributed by atoms with van der Waals surface area (Å²) in [4.78, 5) is 14.4. The largest absolute Gasteiger partial charge is 0.454 e. The first-order valence-electron chi connectivity index (χ1n) is 8.29. The van der Waals surface area contributed by atoms with Crippen molar-refractivity contribution in [2.45, 2.75) is 32.4 Å². The van der Waals surface area contributed by atoms with Crippen molar-refractivity contribution in [1.29, 1.82) is 0 Å². The van der Waals surface area contributed by atoms with Gasteiger partial charge < -0.3 is 20.1 Å². The van der Waals surface area contributed by atoms with Crippen LogP contribution >= 0.6 is 0 Å². The van der Waals surface area contributed by atoms with Gasteiger partial charge in [-0.05, 0) is 48.4 Å². The number of nitrogens with zero attached hydrogens (tertiary/aromatic N) is 1. The molecule has 0 spiro atoms. The number of amides is 1. The normalized spacial score (nSPS) is 13.6. The second-order valence-electron chi connectivity index (χ2n) is 5.98. The Morgan fingerprint density at radius 3 is 2.64 bits per heavy atom. The Balaban J connectivity index is 1.87. The van der Waals surface area contributed by atoms with Crippen LogP contribution in [0.25, 0.3) is 0 Å². The highest BCUT2D eigenvalue weighted by Crippen LogP contribution is 2.33. The number of anilines is 1. The Morgan fingerprint density at radius 2 is 1.92 bits per heavy atom. The van der Waals surface area contributed by atoms with Crippen molar-refractivity contribution < 1.29 is 18.7 Å². The van der Waals surface area contributed by atoms with Gasteiger partial charge in [0.05, 0.1) is 12.6 Å². The Labute approximate surface area is 146 Å². The van der Waals surface area contributed by atoms with E-state index in [0.29, 0.717) is 30.2 Å². The first kappa shape index (κ1) is 17.2. The smallest absolute Gasteiger partial charge is 0.244 e. The molecule has 132 valence electrons. The second-order valence-corrected chi connectivity index (χ2v) is 5.98. The summed E-state index contributed by atoms with van der Waals surface area (Å²) in [6.07, 6.45) is 1.41. The molecule has 0 saturated heterocycles. The third kappa shape index (κ3) is 3.91. The van der Waals surface area contributed by atoms with E-state index in [2.05, 4.69) is 0 Å². The van der Waals surface area contributed by atoms with Crippen LogP contribution in [0, 0.1) is 5.82 Å². The van der Waals surface area contributed by atoms with E-state index >= 15 is 0 Å². The van der Waals surface area contributed by atoms with Gasteiger partial charge in [0.25, 0.3) is 0 Å². The molecule has 2 aromatic rings. The summed E-state index contributed by atoms with van der Waals surface area (Å²) in [5.74, 6) is 0.802. The summed E-state index contributed by atoms with van der Waals surface area (Å²) in [7, 11) is 0. The van der Waals surface area contributed by atoms with Crippen LogP contribution in [0.5, 0.6) is 11.5 Å². The number of hydrogen-bond acceptors (Lipinski definition) is 4. The standard InChI is InChI=1S/C19H21FN2O3/c1-2-3-16(21)19(23)22(15-7-5-14(20)6-8-15)11-13-4-9-17-18(10-13)25-12-24-17/h4-10,16H,2-3,11-12,21H2,1H3. The van der Waals surface area contributed by atoms with E-state index in [1.54, 1.807) is 17.0 Å². The van der Waals surface area contributed by atoms with Gasteiger partial charge in [-0.1, -0.05) is 19.4 Å². The molecule has 1 unspecified atom stereocenters. The van der Waals surface area contributed by atoms with Crippen LogP contribution in [0.3, 0.4) is 0 Å². The lowest BCUT2D eigenvalue weighted by Crippen LogP contribution is -2.43. The van der Waals surface area contributed by atoms with E-state index < -0.39 is 6.04 Å². The van der Waals surface area contributed by atoms with Crippen LogP contribution in [0.2, 0.25) is 0 Å². The van der Waals surface area contributed by atoms with Crippen molar-refractivity contribution in [3.63, 3.8) is 0 Å². The number of carbonyl (C=O) groups is 1. The van der Waals surface area contributed by atoms with Gasteiger partial charge >= 0.3 is 0 Å². The summed E-state index contributed by atoms with van der Waals surface area (Å²) in [6.45, 7) is 2.49. The Bertz CT molecular complexity index is 749. The second kappa shape index (κ2) is 7.53. The zero-order valence-corrected chi connectivity index (χ0v) is 14.1. The molecule has 2 N–H and O–H groups in total. The molecule has 2 aromatic carbocycles. The quantitative estimate of drug-likeness (QED) is 0.874. The van der Waals surface area contributed by atoms with Crippen molar-refractivity contribution in [2.75, 3.05) is 11.7 Å². The highest BCUT2D eigenvalue weighted by molar-refractivity contribution is 5.97. The van der Waals surface area contributed by atoms with Crippen LogP contribution in [-0.4, -0.2) is 18.7 Å². The van der Waals surface area contributed by atoms with E-state index in [4.69, 9.17) is 15.2 Å². The van der Waals surface area contributed by atoms with E-state index in [1.165, 1.54) is 12.1 Å². The van der Waals surface area contributed by atoms with Crippen LogP contribution in [-0.2, 0) is 11.3 Å². The molecule has 1 aliphatic rings. The number of halogens is 1. The molecule has 1 aliphatic heterocycles. The van der Waals surface area contributed by atoms with Crippen LogP contribution < -0.4 is 20.1 Å². The topological polar surface area (TPSA) is 64.8 Å². The van der Waals surface area contributed by atoms with Crippen molar-refractivity contribution in [3.05, 3.63) is 53.8 Å². The fraction of sp³-hybridized carbons (Fsp3) is 0.316. The molecule has 3 rings (SSSR count). The maximum absolute atomic E-state index is 13.2. The molecule has 0 saturated carbocycles. The molecule has 1 heterocycles. The minimum atomic E-state index is -0.593. The summed E-state index contributed by atoms with van der Waals surface area (Å²) < 4.78 is 23.9. The summed E-state index contributed by atoms with van der Waals surface area (Å²) >= 11 is 0. The molecule has 1 atom stereocenters. The molecule has 1 amide bonds. The van der Waals surface area contributed by atoms with Crippen LogP contribution in [0.4, 0.5) is 10.1 Å². The van der Waals surface area contributed by atoms with Crippen molar-refractivity contribution in [2.24, 2.45) is 5.73 Å². The summed E-state index contributed by atoms with van der Waals surface area (Å²) in [5.41, 5.74) is 7.52. The monoisotopic (exact) mass is 344 g/mol. The van der Waals surface area contributed by atoms with Gasteiger partial charge in [-0.25, -0.2) is 4.39 Å². The minimum Gasteiger partial charge on any atom is -0.454 e. The van der Waals surface area contributed by atoms with Gasteiger partial charge in [-0.2, -0.15) is 0 Å². The maximum atomic E-state index is 13.2. The average molecular weight is 344 g/mol. The fourth-order valence-corrected chi connectivity index (χ4v) is 2.77. The predicted octanol–water partition coefficient (Wildman–Crippen LogP) is 3.22. The lowest BCUT2D eigenvalue weighted by molar-refractivity contribution is -0.120. The number of rotatable bonds is 6. The van der Waals surface area contributed by atoms with Gasteiger partial charge in [-0.3, -0.25) is 4.79 Å². The Hall–Kier alpha value is -2.60. The molecular formula is C19H21FN2O3. The molecule has 0 aromatic heterocycles. The zero-order chi connectivity index (χ0) is 17.8. The van der Waals surface area contributed by atoms with E-state index in [-0.39, 0.29) is 18.5 Å². The highest BCUT2D eigenvalue weighted by atomic mass is 19.1. The maximum Gasteiger partial charge on any atom is 0.244 e. The van der Waals surface area contributed by atoms with Crippen LogP contribution in [0.15, 0.2) is 42.5 Å². The lowest BCUT2D eigenvalue weighted by Gasteiger charge is -2.26. The fourth-order valence-electron chi connectivity index (χ4n) is 2.77. The predicted molar refractivity (Wildman–Crippen MR) is 93.0 cm³/mol. The first-order valence-corrected chi connectivity index (χ1v) is 8.29. The van der Waals surface area contributed by atoms with E-state index in [9.17, 15) is 9.18 Å². The first-order chi connectivity index (χ1) is 12.1. The SMILES string of the molecule is CCCC(N)C(=O)N(Cc1ccc2c(c1)OCO2)c1ccc(F)cc1. The van der Waals surface area contributed by atoms with Gasteiger partial charge in [-0.15, -0.1) is 0 Å². The molecule has 0 aliphatic carbocycles.